The van der Waals surface area contributed by atoms with Crippen LogP contribution in [0.5, 0.6) is 5.88 Å². The molecule has 0 saturated carbocycles. The number of nitrogens with zero attached hydrogens (tertiary/aromatic N) is 3. The molecule has 0 N–H and O–H groups in total. The highest BCUT2D eigenvalue weighted by Crippen LogP contribution is 2.16. The van der Waals surface area contributed by atoms with Crippen LogP contribution >= 0.6 is 0 Å². The van der Waals surface area contributed by atoms with Gasteiger partial charge in [0.05, 0.1) is 25.7 Å². The van der Waals surface area contributed by atoms with Gasteiger partial charge < -0.3 is 4.74 Å². The molecule has 0 fully saturated rings. The second-order valence-corrected chi connectivity index (χ2v) is 2.78. The monoisotopic (exact) mass is 211 g/mol. The Morgan fingerprint density at radius 2 is 2.13 bits per heavy atom. The van der Waals surface area contributed by atoms with E-state index < -0.39 is 11.6 Å². The Hall–Kier alpha value is -1.98. The van der Waals surface area contributed by atoms with E-state index >= 15 is 0 Å². The number of ether oxygens (including phenoxy) is 1. The number of methoxy groups -OCH3 is 1. The Morgan fingerprint density at radius 1 is 1.33 bits per heavy atom. The Morgan fingerprint density at radius 3 is 2.67 bits per heavy atom. The van der Waals surface area contributed by atoms with Crippen LogP contribution in [0.2, 0.25) is 0 Å². The van der Waals surface area contributed by atoms with E-state index in [0.29, 0.717) is 0 Å². The summed E-state index contributed by atoms with van der Waals surface area (Å²) in [6.07, 6.45) is 3.27. The maximum atomic E-state index is 13.4. The number of aromatic nitrogens is 3. The number of halogens is 2. The van der Waals surface area contributed by atoms with Crippen LogP contribution < -0.4 is 4.74 Å². The molecule has 0 unspecified atom stereocenters. The predicted octanol–water partition coefficient (Wildman–Crippen LogP) is 1.55. The van der Waals surface area contributed by atoms with Gasteiger partial charge in [-0.15, -0.1) is 0 Å². The van der Waals surface area contributed by atoms with Crippen molar-refractivity contribution >= 4 is 0 Å². The number of rotatable bonds is 2. The number of pyridine rings is 1. The summed E-state index contributed by atoms with van der Waals surface area (Å²) in [5.74, 6) is -0.959. The summed E-state index contributed by atoms with van der Waals surface area (Å²) in [5, 5.41) is 3.62. The lowest BCUT2D eigenvalue weighted by molar-refractivity contribution is 0.393. The normalized spacial score (nSPS) is 10.3. The van der Waals surface area contributed by atoms with E-state index in [4.69, 9.17) is 4.74 Å². The molecule has 2 rings (SSSR count). The van der Waals surface area contributed by atoms with Crippen LogP contribution in [0.3, 0.4) is 0 Å². The second-order valence-electron chi connectivity index (χ2n) is 2.78. The van der Waals surface area contributed by atoms with Gasteiger partial charge in [0.25, 0.3) is 0 Å². The minimum Gasteiger partial charge on any atom is -0.481 e. The van der Waals surface area contributed by atoms with Gasteiger partial charge in [0.15, 0.2) is 11.6 Å². The highest BCUT2D eigenvalue weighted by molar-refractivity contribution is 5.32. The molecular weight excluding hydrogens is 204 g/mol. The van der Waals surface area contributed by atoms with Gasteiger partial charge in [-0.3, -0.25) is 0 Å². The third-order valence-corrected chi connectivity index (χ3v) is 1.82. The molecule has 2 heterocycles. The van der Waals surface area contributed by atoms with Crippen LogP contribution in [0, 0.1) is 11.6 Å². The predicted molar refractivity (Wildman–Crippen MR) is 47.8 cm³/mol. The molecule has 0 bridgehead atoms. The molecule has 0 aliphatic carbocycles. The number of hydrogen-bond acceptors (Lipinski definition) is 3. The summed E-state index contributed by atoms with van der Waals surface area (Å²) >= 11 is 0. The molecule has 0 amide bonds. The first-order valence-electron chi connectivity index (χ1n) is 4.11. The molecule has 0 aliphatic rings. The fourth-order valence-corrected chi connectivity index (χ4v) is 1.12. The summed E-state index contributed by atoms with van der Waals surface area (Å²) in [6.45, 7) is 0. The van der Waals surface area contributed by atoms with Crippen molar-refractivity contribution in [2.75, 3.05) is 7.11 Å². The SMILES string of the molecule is COc1cc(F)c(-n2cc(F)cn2)cn1. The van der Waals surface area contributed by atoms with Crippen molar-refractivity contribution in [1.29, 1.82) is 0 Å². The molecular formula is C9H7F2N3O. The summed E-state index contributed by atoms with van der Waals surface area (Å²) < 4.78 is 31.9. The summed E-state index contributed by atoms with van der Waals surface area (Å²) in [4.78, 5) is 3.80. The molecule has 0 spiro atoms. The standard InChI is InChI=1S/C9H7F2N3O/c1-15-9-2-7(11)8(4-12-9)14-5-6(10)3-13-14/h2-5H,1H3. The van der Waals surface area contributed by atoms with Crippen molar-refractivity contribution in [3.8, 4) is 11.6 Å². The van der Waals surface area contributed by atoms with Crippen molar-refractivity contribution in [1.82, 2.24) is 14.8 Å². The van der Waals surface area contributed by atoms with Crippen LogP contribution in [0.4, 0.5) is 8.78 Å². The molecule has 0 aliphatic heterocycles. The first-order valence-corrected chi connectivity index (χ1v) is 4.11. The minimum absolute atomic E-state index is 0.0692. The molecule has 78 valence electrons. The summed E-state index contributed by atoms with van der Waals surface area (Å²) in [5.41, 5.74) is 0.0692. The van der Waals surface area contributed by atoms with Crippen molar-refractivity contribution in [2.24, 2.45) is 0 Å². The van der Waals surface area contributed by atoms with Gasteiger partial charge in [-0.05, 0) is 0 Å². The fraction of sp³-hybridized carbons (Fsp3) is 0.111. The van der Waals surface area contributed by atoms with Gasteiger partial charge in [-0.1, -0.05) is 0 Å². The molecule has 0 aromatic carbocycles. The lowest BCUT2D eigenvalue weighted by Gasteiger charge is -2.03. The molecule has 0 atom stereocenters. The van der Waals surface area contributed by atoms with E-state index in [0.717, 1.165) is 23.1 Å². The van der Waals surface area contributed by atoms with Gasteiger partial charge in [0.1, 0.15) is 5.69 Å². The first kappa shape index (κ1) is 9.57. The molecule has 0 saturated heterocycles. The van der Waals surface area contributed by atoms with Crippen LogP contribution in [-0.4, -0.2) is 21.9 Å². The van der Waals surface area contributed by atoms with Crippen molar-refractivity contribution in [3.05, 3.63) is 36.3 Å². The van der Waals surface area contributed by atoms with E-state index in [-0.39, 0.29) is 11.6 Å². The maximum absolute atomic E-state index is 13.4. The van der Waals surface area contributed by atoms with Crippen LogP contribution in [0.25, 0.3) is 5.69 Å². The minimum atomic E-state index is -0.579. The molecule has 2 aromatic rings. The molecule has 15 heavy (non-hydrogen) atoms. The van der Waals surface area contributed by atoms with Gasteiger partial charge in [-0.25, -0.2) is 18.4 Å². The maximum Gasteiger partial charge on any atom is 0.216 e. The Kier molecular flexibility index (Phi) is 2.32. The van der Waals surface area contributed by atoms with E-state index in [2.05, 4.69) is 10.1 Å². The Balaban J connectivity index is 2.45. The smallest absolute Gasteiger partial charge is 0.216 e. The Labute approximate surface area is 84.1 Å². The highest BCUT2D eigenvalue weighted by Gasteiger charge is 2.08. The summed E-state index contributed by atoms with van der Waals surface area (Å²) in [6, 6.07) is 1.11. The molecule has 4 nitrogen and oxygen atoms in total. The van der Waals surface area contributed by atoms with Gasteiger partial charge >= 0.3 is 0 Å². The summed E-state index contributed by atoms with van der Waals surface area (Å²) in [7, 11) is 1.38. The quantitative estimate of drug-likeness (QED) is 0.756. The highest BCUT2D eigenvalue weighted by atomic mass is 19.1. The average Bonchev–Trinajstić information content (AvgIpc) is 2.64. The van der Waals surface area contributed by atoms with Crippen molar-refractivity contribution in [2.45, 2.75) is 0 Å². The van der Waals surface area contributed by atoms with Gasteiger partial charge in [0.2, 0.25) is 5.88 Å². The average molecular weight is 211 g/mol. The Bertz CT molecular complexity index is 484. The molecule has 6 heteroatoms. The molecule has 2 aromatic heterocycles. The largest absolute Gasteiger partial charge is 0.481 e. The topological polar surface area (TPSA) is 39.9 Å². The van der Waals surface area contributed by atoms with E-state index in [9.17, 15) is 8.78 Å². The van der Waals surface area contributed by atoms with Crippen molar-refractivity contribution in [3.63, 3.8) is 0 Å². The zero-order chi connectivity index (χ0) is 10.8. The van der Waals surface area contributed by atoms with Crippen LogP contribution in [0.1, 0.15) is 0 Å². The van der Waals surface area contributed by atoms with Crippen LogP contribution in [0.15, 0.2) is 24.7 Å². The lowest BCUT2D eigenvalue weighted by atomic mass is 10.4. The molecule has 0 radical (unpaired) electrons. The van der Waals surface area contributed by atoms with Crippen molar-refractivity contribution < 1.29 is 13.5 Å². The fourth-order valence-electron chi connectivity index (χ4n) is 1.12. The van der Waals surface area contributed by atoms with Gasteiger partial charge in [0, 0.05) is 6.07 Å². The second kappa shape index (κ2) is 3.64. The van der Waals surface area contributed by atoms with E-state index in [1.165, 1.54) is 13.3 Å². The third-order valence-electron chi connectivity index (χ3n) is 1.82. The first-order chi connectivity index (χ1) is 7.20. The zero-order valence-corrected chi connectivity index (χ0v) is 7.82. The number of hydrogen-bond donors (Lipinski definition) is 0. The van der Waals surface area contributed by atoms with Gasteiger partial charge in [-0.2, -0.15) is 5.10 Å². The van der Waals surface area contributed by atoms with E-state index in [1.807, 2.05) is 0 Å². The lowest BCUT2D eigenvalue weighted by Crippen LogP contribution is -2.00. The van der Waals surface area contributed by atoms with Crippen LogP contribution in [-0.2, 0) is 0 Å². The zero-order valence-electron chi connectivity index (χ0n) is 7.82. The third kappa shape index (κ3) is 1.78. The van der Waals surface area contributed by atoms with E-state index in [1.54, 1.807) is 0 Å².